The molecule has 0 spiro atoms. The zero-order chi connectivity index (χ0) is 13.7. The average molecular weight is 270 g/mol. The Kier molecular flexibility index (Phi) is 5.19. The predicted molar refractivity (Wildman–Crippen MR) is 72.7 cm³/mol. The summed E-state index contributed by atoms with van der Waals surface area (Å²) in [7, 11) is 1.84. The van der Waals surface area contributed by atoms with Crippen molar-refractivity contribution in [1.82, 2.24) is 5.32 Å². The van der Waals surface area contributed by atoms with Crippen LogP contribution in [0, 0.1) is 5.92 Å². The first-order chi connectivity index (χ1) is 9.19. The maximum Gasteiger partial charge on any atom is 0.238 e. The zero-order valence-electron chi connectivity index (χ0n) is 11.8. The molecule has 0 aromatic carbocycles. The van der Waals surface area contributed by atoms with Crippen molar-refractivity contribution < 1.29 is 14.3 Å². The first-order valence-electron chi connectivity index (χ1n) is 7.37. The molecule has 5 nitrogen and oxygen atoms in total. The number of carbonyl (C=O) groups is 1. The number of hydrogen-bond donors (Lipinski definition) is 2. The van der Waals surface area contributed by atoms with E-state index in [1.807, 2.05) is 7.05 Å². The van der Waals surface area contributed by atoms with Crippen LogP contribution in [-0.4, -0.2) is 44.4 Å². The Morgan fingerprint density at radius 2 is 2.16 bits per heavy atom. The van der Waals surface area contributed by atoms with E-state index in [9.17, 15) is 4.79 Å². The van der Waals surface area contributed by atoms with E-state index in [0.717, 1.165) is 51.7 Å². The van der Waals surface area contributed by atoms with Crippen molar-refractivity contribution in [3.63, 3.8) is 0 Å². The molecule has 1 saturated carbocycles. The minimum atomic E-state index is -0.515. The van der Waals surface area contributed by atoms with Gasteiger partial charge in [0.15, 0.2) is 0 Å². The molecule has 2 unspecified atom stereocenters. The van der Waals surface area contributed by atoms with Gasteiger partial charge in [-0.05, 0) is 45.1 Å². The molecule has 1 heterocycles. The van der Waals surface area contributed by atoms with E-state index in [1.54, 1.807) is 0 Å². The summed E-state index contributed by atoms with van der Waals surface area (Å²) >= 11 is 0. The van der Waals surface area contributed by atoms with E-state index in [1.165, 1.54) is 0 Å². The Morgan fingerprint density at radius 1 is 1.42 bits per heavy atom. The molecule has 2 aliphatic rings. The number of rotatable bonds is 6. The highest BCUT2D eigenvalue weighted by atomic mass is 16.5. The highest BCUT2D eigenvalue weighted by Gasteiger charge is 2.46. The summed E-state index contributed by atoms with van der Waals surface area (Å²) in [5.41, 5.74) is 5.07. The standard InChI is InChI=1S/C14H26N2O3/c1-16-14(13(15)17)7-2-3-11(14)4-10-19-12-5-8-18-9-6-12/h11-12,16H,2-10H2,1H3,(H2,15,17). The van der Waals surface area contributed by atoms with Gasteiger partial charge in [0.05, 0.1) is 6.10 Å². The Balaban J connectivity index is 1.79. The smallest absolute Gasteiger partial charge is 0.238 e. The van der Waals surface area contributed by atoms with Gasteiger partial charge in [0.2, 0.25) is 5.91 Å². The number of nitrogens with one attached hydrogen (secondary N) is 1. The monoisotopic (exact) mass is 270 g/mol. The summed E-state index contributed by atoms with van der Waals surface area (Å²) in [6.45, 7) is 2.32. The molecule has 19 heavy (non-hydrogen) atoms. The van der Waals surface area contributed by atoms with Gasteiger partial charge >= 0.3 is 0 Å². The van der Waals surface area contributed by atoms with Crippen LogP contribution in [0.4, 0.5) is 0 Å². The summed E-state index contributed by atoms with van der Waals surface area (Å²) in [4.78, 5) is 11.7. The topological polar surface area (TPSA) is 73.6 Å². The second kappa shape index (κ2) is 6.68. The number of primary amides is 1. The Hall–Kier alpha value is -0.650. The lowest BCUT2D eigenvalue weighted by molar-refractivity contribution is -0.126. The summed E-state index contributed by atoms with van der Waals surface area (Å²) in [6, 6.07) is 0. The van der Waals surface area contributed by atoms with Gasteiger partial charge in [0.1, 0.15) is 5.54 Å². The summed E-state index contributed by atoms with van der Waals surface area (Å²) in [6.07, 6.45) is 6.16. The van der Waals surface area contributed by atoms with E-state index >= 15 is 0 Å². The van der Waals surface area contributed by atoms with Crippen LogP contribution in [0.15, 0.2) is 0 Å². The lowest BCUT2D eigenvalue weighted by Crippen LogP contribution is -2.56. The van der Waals surface area contributed by atoms with E-state index in [4.69, 9.17) is 15.2 Å². The first kappa shape index (κ1) is 14.8. The van der Waals surface area contributed by atoms with Gasteiger partial charge in [-0.3, -0.25) is 4.79 Å². The molecule has 0 radical (unpaired) electrons. The van der Waals surface area contributed by atoms with Crippen LogP contribution in [0.25, 0.3) is 0 Å². The van der Waals surface area contributed by atoms with Crippen molar-refractivity contribution >= 4 is 5.91 Å². The molecule has 0 aromatic heterocycles. The van der Waals surface area contributed by atoms with Crippen LogP contribution >= 0.6 is 0 Å². The van der Waals surface area contributed by atoms with Crippen molar-refractivity contribution in [3.05, 3.63) is 0 Å². The fourth-order valence-corrected chi connectivity index (χ4v) is 3.46. The fraction of sp³-hybridized carbons (Fsp3) is 0.929. The summed E-state index contributed by atoms with van der Waals surface area (Å²) in [5.74, 6) is 0.0819. The molecule has 2 atom stereocenters. The number of likely N-dealkylation sites (N-methyl/N-ethyl adjacent to an activating group) is 1. The van der Waals surface area contributed by atoms with Gasteiger partial charge in [-0.2, -0.15) is 0 Å². The minimum absolute atomic E-state index is 0.219. The SMILES string of the molecule is CNC1(C(N)=O)CCCC1CCOC1CCOCC1. The quantitative estimate of drug-likeness (QED) is 0.749. The van der Waals surface area contributed by atoms with Gasteiger partial charge < -0.3 is 20.5 Å². The van der Waals surface area contributed by atoms with E-state index in [0.29, 0.717) is 18.6 Å². The number of hydrogen-bond acceptors (Lipinski definition) is 4. The van der Waals surface area contributed by atoms with Crippen LogP contribution in [0.3, 0.4) is 0 Å². The summed E-state index contributed by atoms with van der Waals surface area (Å²) in [5, 5.41) is 3.17. The van der Waals surface area contributed by atoms with Crippen molar-refractivity contribution in [1.29, 1.82) is 0 Å². The molecule has 1 saturated heterocycles. The van der Waals surface area contributed by atoms with Crippen LogP contribution in [0.1, 0.15) is 38.5 Å². The van der Waals surface area contributed by atoms with Crippen LogP contribution in [0.2, 0.25) is 0 Å². The van der Waals surface area contributed by atoms with Crippen LogP contribution in [0.5, 0.6) is 0 Å². The highest BCUT2D eigenvalue weighted by molar-refractivity contribution is 5.85. The van der Waals surface area contributed by atoms with Gasteiger partial charge in [-0.25, -0.2) is 0 Å². The predicted octanol–water partition coefficient (Wildman–Crippen LogP) is 0.816. The van der Waals surface area contributed by atoms with E-state index in [2.05, 4.69) is 5.32 Å². The van der Waals surface area contributed by atoms with Crippen molar-refractivity contribution in [2.45, 2.75) is 50.2 Å². The molecule has 2 rings (SSSR count). The highest BCUT2D eigenvalue weighted by Crippen LogP contribution is 2.37. The second-order valence-electron chi connectivity index (χ2n) is 5.65. The number of carbonyl (C=O) groups excluding carboxylic acids is 1. The number of amides is 1. The minimum Gasteiger partial charge on any atom is -0.381 e. The molecule has 3 N–H and O–H groups in total. The van der Waals surface area contributed by atoms with Gasteiger partial charge in [-0.1, -0.05) is 6.42 Å². The molecule has 0 bridgehead atoms. The first-order valence-corrected chi connectivity index (χ1v) is 7.37. The lowest BCUT2D eigenvalue weighted by atomic mass is 9.84. The molecule has 110 valence electrons. The molecule has 1 amide bonds. The van der Waals surface area contributed by atoms with Gasteiger partial charge in [-0.15, -0.1) is 0 Å². The Labute approximate surface area is 115 Å². The molecular formula is C14H26N2O3. The zero-order valence-corrected chi connectivity index (χ0v) is 11.8. The average Bonchev–Trinajstić information content (AvgIpc) is 2.84. The normalized spacial score (nSPS) is 32.6. The fourth-order valence-electron chi connectivity index (χ4n) is 3.46. The third-order valence-electron chi connectivity index (χ3n) is 4.69. The third-order valence-corrected chi connectivity index (χ3v) is 4.69. The molecule has 2 fully saturated rings. The van der Waals surface area contributed by atoms with Gasteiger partial charge in [0, 0.05) is 19.8 Å². The van der Waals surface area contributed by atoms with E-state index < -0.39 is 5.54 Å². The largest absolute Gasteiger partial charge is 0.381 e. The van der Waals surface area contributed by atoms with Gasteiger partial charge in [0.25, 0.3) is 0 Å². The number of nitrogens with two attached hydrogens (primary N) is 1. The maximum atomic E-state index is 11.7. The molecular weight excluding hydrogens is 244 g/mol. The molecule has 0 aromatic rings. The van der Waals surface area contributed by atoms with E-state index in [-0.39, 0.29) is 5.91 Å². The Bertz CT molecular complexity index is 305. The van der Waals surface area contributed by atoms with Crippen LogP contribution in [-0.2, 0) is 14.3 Å². The molecule has 5 heteroatoms. The Morgan fingerprint density at radius 3 is 2.79 bits per heavy atom. The third kappa shape index (κ3) is 3.27. The molecule has 1 aliphatic carbocycles. The maximum absolute atomic E-state index is 11.7. The summed E-state index contributed by atoms with van der Waals surface area (Å²) < 4.78 is 11.2. The van der Waals surface area contributed by atoms with Crippen molar-refractivity contribution in [3.8, 4) is 0 Å². The van der Waals surface area contributed by atoms with Crippen LogP contribution < -0.4 is 11.1 Å². The van der Waals surface area contributed by atoms with Crippen molar-refractivity contribution in [2.75, 3.05) is 26.9 Å². The van der Waals surface area contributed by atoms with Crippen molar-refractivity contribution in [2.24, 2.45) is 11.7 Å². The number of ether oxygens (including phenoxy) is 2. The lowest BCUT2D eigenvalue weighted by Gasteiger charge is -2.32. The molecule has 1 aliphatic heterocycles. The second-order valence-corrected chi connectivity index (χ2v) is 5.65.